The highest BCUT2D eigenvalue weighted by Gasteiger charge is 2.01. The van der Waals surface area contributed by atoms with E-state index in [9.17, 15) is 0 Å². The summed E-state index contributed by atoms with van der Waals surface area (Å²) in [6.45, 7) is 4.07. The molecule has 0 aliphatic heterocycles. The van der Waals surface area contributed by atoms with Gasteiger partial charge in [0.25, 0.3) is 0 Å². The summed E-state index contributed by atoms with van der Waals surface area (Å²) in [5.74, 6) is 1.63. The zero-order valence-electron chi connectivity index (χ0n) is 10.1. The van der Waals surface area contributed by atoms with E-state index in [0.717, 1.165) is 22.6 Å². The van der Waals surface area contributed by atoms with Crippen LogP contribution in [-0.2, 0) is 6.61 Å². The highest BCUT2D eigenvalue weighted by molar-refractivity contribution is 5.38. The van der Waals surface area contributed by atoms with E-state index in [0.29, 0.717) is 0 Å². The molecule has 0 atom stereocenters. The lowest BCUT2D eigenvalue weighted by Gasteiger charge is -2.09. The van der Waals surface area contributed by atoms with Crippen LogP contribution < -0.4 is 4.74 Å². The van der Waals surface area contributed by atoms with Crippen molar-refractivity contribution in [2.75, 3.05) is 0 Å². The molecule has 17 heavy (non-hydrogen) atoms. The molecule has 2 heteroatoms. The number of rotatable bonds is 3. The molecule has 2 rings (SSSR count). The Labute approximate surface area is 101 Å². The Kier molecular flexibility index (Phi) is 3.45. The predicted molar refractivity (Wildman–Crippen MR) is 68.4 cm³/mol. The first-order chi connectivity index (χ1) is 8.19. The van der Waals surface area contributed by atoms with Gasteiger partial charge in [0.05, 0.1) is 6.61 Å². The minimum Gasteiger partial charge on any atom is -0.457 e. The third-order valence-electron chi connectivity index (χ3n) is 2.71. The SMILES string of the molecule is Cc1cccc(Oc2ccc(CO)c(C)c2)c1. The first-order valence-electron chi connectivity index (χ1n) is 5.64. The molecule has 2 aromatic rings. The summed E-state index contributed by atoms with van der Waals surface area (Å²) < 4.78 is 5.76. The zero-order valence-corrected chi connectivity index (χ0v) is 10.1. The fourth-order valence-electron chi connectivity index (χ4n) is 1.72. The Morgan fingerprint density at radius 2 is 1.76 bits per heavy atom. The maximum Gasteiger partial charge on any atom is 0.127 e. The summed E-state index contributed by atoms with van der Waals surface area (Å²) >= 11 is 0. The quantitative estimate of drug-likeness (QED) is 0.870. The molecule has 0 spiro atoms. The first-order valence-corrected chi connectivity index (χ1v) is 5.64. The van der Waals surface area contributed by atoms with E-state index in [-0.39, 0.29) is 6.61 Å². The van der Waals surface area contributed by atoms with Crippen molar-refractivity contribution in [3.05, 3.63) is 59.2 Å². The van der Waals surface area contributed by atoms with Crippen molar-refractivity contribution in [3.63, 3.8) is 0 Å². The number of aliphatic hydroxyl groups is 1. The van der Waals surface area contributed by atoms with E-state index in [2.05, 4.69) is 0 Å². The summed E-state index contributed by atoms with van der Waals surface area (Å²) in [6, 6.07) is 13.6. The molecule has 0 saturated heterocycles. The second-order valence-corrected chi connectivity index (χ2v) is 4.16. The fourth-order valence-corrected chi connectivity index (χ4v) is 1.72. The average Bonchev–Trinajstić information content (AvgIpc) is 2.29. The van der Waals surface area contributed by atoms with Crippen molar-refractivity contribution in [1.82, 2.24) is 0 Å². The van der Waals surface area contributed by atoms with Gasteiger partial charge in [-0.15, -0.1) is 0 Å². The summed E-state index contributed by atoms with van der Waals surface area (Å²) in [6.07, 6.45) is 0. The molecule has 0 bridgehead atoms. The van der Waals surface area contributed by atoms with Gasteiger partial charge < -0.3 is 9.84 Å². The molecule has 0 fully saturated rings. The number of aliphatic hydroxyl groups excluding tert-OH is 1. The van der Waals surface area contributed by atoms with Gasteiger partial charge in [-0.3, -0.25) is 0 Å². The lowest BCUT2D eigenvalue weighted by Crippen LogP contribution is -1.90. The highest BCUT2D eigenvalue weighted by Crippen LogP contribution is 2.24. The van der Waals surface area contributed by atoms with E-state index in [1.54, 1.807) is 0 Å². The van der Waals surface area contributed by atoms with Gasteiger partial charge >= 0.3 is 0 Å². The molecular weight excluding hydrogens is 212 g/mol. The Morgan fingerprint density at radius 1 is 1.00 bits per heavy atom. The van der Waals surface area contributed by atoms with E-state index < -0.39 is 0 Å². The molecule has 2 nitrogen and oxygen atoms in total. The smallest absolute Gasteiger partial charge is 0.127 e. The van der Waals surface area contributed by atoms with Crippen LogP contribution in [0, 0.1) is 13.8 Å². The molecule has 0 aliphatic carbocycles. The maximum atomic E-state index is 9.09. The predicted octanol–water partition coefficient (Wildman–Crippen LogP) is 3.59. The third-order valence-corrected chi connectivity index (χ3v) is 2.71. The summed E-state index contributed by atoms with van der Waals surface area (Å²) in [7, 11) is 0. The monoisotopic (exact) mass is 228 g/mol. The fraction of sp³-hybridized carbons (Fsp3) is 0.200. The van der Waals surface area contributed by atoms with Crippen molar-refractivity contribution >= 4 is 0 Å². The van der Waals surface area contributed by atoms with Crippen LogP contribution in [0.5, 0.6) is 11.5 Å². The van der Waals surface area contributed by atoms with Crippen LogP contribution in [0.25, 0.3) is 0 Å². The van der Waals surface area contributed by atoms with E-state index in [4.69, 9.17) is 9.84 Å². The van der Waals surface area contributed by atoms with E-state index in [1.165, 1.54) is 5.56 Å². The van der Waals surface area contributed by atoms with Gasteiger partial charge in [-0.05, 0) is 54.8 Å². The standard InChI is InChI=1S/C15H16O2/c1-11-4-3-5-14(8-11)17-15-7-6-13(10-16)12(2)9-15/h3-9,16H,10H2,1-2H3. The van der Waals surface area contributed by atoms with E-state index >= 15 is 0 Å². The molecule has 0 aliphatic rings. The maximum absolute atomic E-state index is 9.09. The van der Waals surface area contributed by atoms with Crippen molar-refractivity contribution in [1.29, 1.82) is 0 Å². The van der Waals surface area contributed by atoms with Crippen LogP contribution >= 0.6 is 0 Å². The average molecular weight is 228 g/mol. The van der Waals surface area contributed by atoms with Gasteiger partial charge in [-0.2, -0.15) is 0 Å². The Balaban J connectivity index is 2.22. The number of hydrogen-bond donors (Lipinski definition) is 1. The lowest BCUT2D eigenvalue weighted by molar-refractivity contribution is 0.281. The molecule has 0 heterocycles. The molecule has 2 aromatic carbocycles. The van der Waals surface area contributed by atoms with Crippen LogP contribution in [0.3, 0.4) is 0 Å². The largest absolute Gasteiger partial charge is 0.457 e. The van der Waals surface area contributed by atoms with Gasteiger partial charge in [0.1, 0.15) is 11.5 Å². The van der Waals surface area contributed by atoms with Gasteiger partial charge in [0, 0.05) is 0 Å². The summed E-state index contributed by atoms with van der Waals surface area (Å²) in [5, 5.41) is 9.09. The molecule has 0 saturated carbocycles. The van der Waals surface area contributed by atoms with Crippen LogP contribution in [0.4, 0.5) is 0 Å². The zero-order chi connectivity index (χ0) is 12.3. The van der Waals surface area contributed by atoms with Gasteiger partial charge in [0.15, 0.2) is 0 Å². The molecule has 1 N–H and O–H groups in total. The first kappa shape index (κ1) is 11.7. The normalized spacial score (nSPS) is 10.3. The van der Waals surface area contributed by atoms with Gasteiger partial charge in [0.2, 0.25) is 0 Å². The summed E-state index contributed by atoms with van der Waals surface area (Å²) in [5.41, 5.74) is 3.14. The second-order valence-electron chi connectivity index (χ2n) is 4.16. The Bertz CT molecular complexity index is 518. The topological polar surface area (TPSA) is 29.5 Å². The molecule has 0 aromatic heterocycles. The molecule has 0 unspecified atom stereocenters. The van der Waals surface area contributed by atoms with Crippen LogP contribution in [0.2, 0.25) is 0 Å². The Morgan fingerprint density at radius 3 is 2.41 bits per heavy atom. The van der Waals surface area contributed by atoms with Crippen molar-refractivity contribution < 1.29 is 9.84 Å². The number of benzene rings is 2. The van der Waals surface area contributed by atoms with Crippen LogP contribution in [0.1, 0.15) is 16.7 Å². The second kappa shape index (κ2) is 5.02. The Hall–Kier alpha value is -1.80. The van der Waals surface area contributed by atoms with E-state index in [1.807, 2.05) is 56.3 Å². The van der Waals surface area contributed by atoms with Crippen LogP contribution in [0.15, 0.2) is 42.5 Å². The van der Waals surface area contributed by atoms with Gasteiger partial charge in [-0.1, -0.05) is 18.2 Å². The van der Waals surface area contributed by atoms with Crippen molar-refractivity contribution in [2.45, 2.75) is 20.5 Å². The minimum atomic E-state index is 0.0660. The third kappa shape index (κ3) is 2.86. The summed E-state index contributed by atoms with van der Waals surface area (Å²) in [4.78, 5) is 0. The number of hydrogen-bond acceptors (Lipinski definition) is 2. The number of aryl methyl sites for hydroxylation is 2. The number of ether oxygens (including phenoxy) is 1. The molecular formula is C15H16O2. The lowest BCUT2D eigenvalue weighted by atomic mass is 10.1. The van der Waals surface area contributed by atoms with Crippen LogP contribution in [-0.4, -0.2) is 5.11 Å². The minimum absolute atomic E-state index is 0.0660. The molecule has 0 radical (unpaired) electrons. The molecule has 88 valence electrons. The van der Waals surface area contributed by atoms with Crippen molar-refractivity contribution in [2.24, 2.45) is 0 Å². The van der Waals surface area contributed by atoms with Gasteiger partial charge in [-0.25, -0.2) is 0 Å². The highest BCUT2D eigenvalue weighted by atomic mass is 16.5. The van der Waals surface area contributed by atoms with Crippen molar-refractivity contribution in [3.8, 4) is 11.5 Å². The molecule has 0 amide bonds.